The number of hydroxylamine groups is 1. The second kappa shape index (κ2) is 5.97. The van der Waals surface area contributed by atoms with Crippen molar-refractivity contribution < 1.29 is 19.5 Å². The molecular formula is C11H15NO4. The molecule has 5 nitrogen and oxygen atoms in total. The average molecular weight is 225 g/mol. The van der Waals surface area contributed by atoms with Gasteiger partial charge in [-0.3, -0.25) is 10.0 Å². The predicted molar refractivity (Wildman–Crippen MR) is 57.8 cm³/mol. The smallest absolute Gasteiger partial charge is 0.243 e. The minimum atomic E-state index is -0.415. The van der Waals surface area contributed by atoms with E-state index in [1.807, 2.05) is 12.1 Å². The standard InChI is InChI=1S/C11H15NO4/c1-15-9-5-8(3-4-11(13)12-14)6-10(7-9)16-2/h5-7,14H,3-4H2,1-2H3,(H,12,13). The molecule has 0 spiro atoms. The lowest BCUT2D eigenvalue weighted by Crippen LogP contribution is -2.18. The number of hydrogen-bond acceptors (Lipinski definition) is 4. The van der Waals surface area contributed by atoms with Crippen molar-refractivity contribution in [3.8, 4) is 11.5 Å². The molecule has 0 aliphatic heterocycles. The van der Waals surface area contributed by atoms with Crippen LogP contribution in [-0.4, -0.2) is 25.3 Å². The summed E-state index contributed by atoms with van der Waals surface area (Å²) >= 11 is 0. The summed E-state index contributed by atoms with van der Waals surface area (Å²) in [5.41, 5.74) is 2.51. The molecule has 1 aromatic carbocycles. The largest absolute Gasteiger partial charge is 0.497 e. The van der Waals surface area contributed by atoms with Crippen molar-refractivity contribution in [1.29, 1.82) is 0 Å². The molecule has 0 atom stereocenters. The quantitative estimate of drug-likeness (QED) is 0.582. The molecule has 5 heteroatoms. The van der Waals surface area contributed by atoms with E-state index in [-0.39, 0.29) is 6.42 Å². The van der Waals surface area contributed by atoms with Crippen LogP contribution in [0.2, 0.25) is 0 Å². The third kappa shape index (κ3) is 3.43. The van der Waals surface area contributed by atoms with Gasteiger partial charge in [-0.25, -0.2) is 5.48 Å². The zero-order chi connectivity index (χ0) is 12.0. The first-order valence-electron chi connectivity index (χ1n) is 4.84. The Bertz CT molecular complexity index is 343. The van der Waals surface area contributed by atoms with Crippen LogP contribution in [0.3, 0.4) is 0 Å². The van der Waals surface area contributed by atoms with Gasteiger partial charge in [-0.1, -0.05) is 0 Å². The molecule has 0 aliphatic carbocycles. The van der Waals surface area contributed by atoms with Crippen molar-refractivity contribution in [3.05, 3.63) is 23.8 Å². The Labute approximate surface area is 93.9 Å². The molecule has 0 fully saturated rings. The Kier molecular flexibility index (Phi) is 4.60. The van der Waals surface area contributed by atoms with Crippen LogP contribution < -0.4 is 15.0 Å². The normalized spacial score (nSPS) is 9.69. The van der Waals surface area contributed by atoms with E-state index in [1.165, 1.54) is 0 Å². The lowest BCUT2D eigenvalue weighted by molar-refractivity contribution is -0.129. The van der Waals surface area contributed by atoms with Gasteiger partial charge in [0, 0.05) is 12.5 Å². The maximum atomic E-state index is 10.9. The number of benzene rings is 1. The number of aryl methyl sites for hydroxylation is 1. The lowest BCUT2D eigenvalue weighted by Gasteiger charge is -2.07. The van der Waals surface area contributed by atoms with E-state index >= 15 is 0 Å². The highest BCUT2D eigenvalue weighted by molar-refractivity contribution is 5.74. The van der Waals surface area contributed by atoms with Crippen LogP contribution >= 0.6 is 0 Å². The molecule has 0 bridgehead atoms. The summed E-state index contributed by atoms with van der Waals surface area (Å²) in [6, 6.07) is 5.41. The van der Waals surface area contributed by atoms with Gasteiger partial charge in [0.2, 0.25) is 5.91 Å². The molecule has 0 heterocycles. The molecule has 88 valence electrons. The molecule has 0 aromatic heterocycles. The van der Waals surface area contributed by atoms with E-state index in [4.69, 9.17) is 14.7 Å². The molecule has 0 radical (unpaired) electrons. The van der Waals surface area contributed by atoms with E-state index in [0.29, 0.717) is 17.9 Å². The predicted octanol–water partition coefficient (Wildman–Crippen LogP) is 1.14. The van der Waals surface area contributed by atoms with Crippen molar-refractivity contribution in [2.45, 2.75) is 12.8 Å². The first kappa shape index (κ1) is 12.3. The highest BCUT2D eigenvalue weighted by Gasteiger charge is 2.04. The Hall–Kier alpha value is -1.75. The third-order valence-electron chi connectivity index (χ3n) is 2.18. The summed E-state index contributed by atoms with van der Waals surface area (Å²) in [7, 11) is 3.14. The highest BCUT2D eigenvalue weighted by Crippen LogP contribution is 2.23. The summed E-state index contributed by atoms with van der Waals surface area (Å²) in [5, 5.41) is 8.37. The Morgan fingerprint density at radius 1 is 1.25 bits per heavy atom. The maximum absolute atomic E-state index is 10.9. The molecule has 2 N–H and O–H groups in total. The average Bonchev–Trinajstić information content (AvgIpc) is 2.35. The zero-order valence-electron chi connectivity index (χ0n) is 9.32. The first-order valence-corrected chi connectivity index (χ1v) is 4.84. The Balaban J connectivity index is 2.74. The highest BCUT2D eigenvalue weighted by atomic mass is 16.5. The van der Waals surface area contributed by atoms with Crippen LogP contribution in [0.15, 0.2) is 18.2 Å². The molecule has 1 rings (SSSR count). The van der Waals surface area contributed by atoms with Crippen LogP contribution in [0, 0.1) is 0 Å². The SMILES string of the molecule is COc1cc(CCC(=O)NO)cc(OC)c1. The summed E-state index contributed by atoms with van der Waals surface area (Å²) < 4.78 is 10.2. The monoisotopic (exact) mass is 225 g/mol. The van der Waals surface area contributed by atoms with Crippen molar-refractivity contribution >= 4 is 5.91 Å². The van der Waals surface area contributed by atoms with Gasteiger partial charge in [0.25, 0.3) is 0 Å². The summed E-state index contributed by atoms with van der Waals surface area (Å²) in [6.45, 7) is 0. The van der Waals surface area contributed by atoms with Crippen LogP contribution in [0.4, 0.5) is 0 Å². The molecule has 0 saturated carbocycles. The number of hydrogen-bond donors (Lipinski definition) is 2. The molecule has 1 aromatic rings. The fourth-order valence-corrected chi connectivity index (χ4v) is 1.32. The van der Waals surface area contributed by atoms with Crippen molar-refractivity contribution in [2.75, 3.05) is 14.2 Å². The molecule has 0 saturated heterocycles. The third-order valence-corrected chi connectivity index (χ3v) is 2.18. The van der Waals surface area contributed by atoms with Gasteiger partial charge < -0.3 is 9.47 Å². The number of ether oxygens (including phenoxy) is 2. The van der Waals surface area contributed by atoms with Crippen molar-refractivity contribution in [3.63, 3.8) is 0 Å². The Morgan fingerprint density at radius 3 is 2.25 bits per heavy atom. The van der Waals surface area contributed by atoms with Crippen LogP contribution in [0.25, 0.3) is 0 Å². The number of nitrogens with one attached hydrogen (secondary N) is 1. The number of amides is 1. The number of methoxy groups -OCH3 is 2. The van der Waals surface area contributed by atoms with E-state index < -0.39 is 5.91 Å². The fourth-order valence-electron chi connectivity index (χ4n) is 1.32. The fraction of sp³-hybridized carbons (Fsp3) is 0.364. The summed E-state index contributed by atoms with van der Waals surface area (Å²) in [6.07, 6.45) is 0.729. The summed E-state index contributed by atoms with van der Waals surface area (Å²) in [5.74, 6) is 0.944. The van der Waals surface area contributed by atoms with E-state index in [2.05, 4.69) is 0 Å². The van der Waals surface area contributed by atoms with E-state index in [0.717, 1.165) is 5.56 Å². The van der Waals surface area contributed by atoms with Gasteiger partial charge in [0.15, 0.2) is 0 Å². The van der Waals surface area contributed by atoms with Crippen LogP contribution in [-0.2, 0) is 11.2 Å². The Morgan fingerprint density at radius 2 is 1.81 bits per heavy atom. The lowest BCUT2D eigenvalue weighted by atomic mass is 10.1. The molecule has 1 amide bonds. The van der Waals surface area contributed by atoms with Gasteiger partial charge in [-0.05, 0) is 24.1 Å². The van der Waals surface area contributed by atoms with Gasteiger partial charge in [0.1, 0.15) is 11.5 Å². The second-order valence-corrected chi connectivity index (χ2v) is 3.26. The maximum Gasteiger partial charge on any atom is 0.243 e. The van der Waals surface area contributed by atoms with Crippen molar-refractivity contribution in [1.82, 2.24) is 5.48 Å². The van der Waals surface area contributed by atoms with Gasteiger partial charge in [0.05, 0.1) is 14.2 Å². The minimum absolute atomic E-state index is 0.215. The zero-order valence-corrected chi connectivity index (χ0v) is 9.32. The van der Waals surface area contributed by atoms with E-state index in [1.54, 1.807) is 25.8 Å². The van der Waals surface area contributed by atoms with Gasteiger partial charge in [-0.15, -0.1) is 0 Å². The number of carbonyl (C=O) groups is 1. The van der Waals surface area contributed by atoms with Crippen LogP contribution in [0.5, 0.6) is 11.5 Å². The summed E-state index contributed by atoms with van der Waals surface area (Å²) in [4.78, 5) is 10.9. The molecule has 0 aliphatic rings. The molecular weight excluding hydrogens is 210 g/mol. The molecule has 0 unspecified atom stereocenters. The van der Waals surface area contributed by atoms with Crippen LogP contribution in [0.1, 0.15) is 12.0 Å². The molecule has 16 heavy (non-hydrogen) atoms. The number of rotatable bonds is 5. The van der Waals surface area contributed by atoms with E-state index in [9.17, 15) is 4.79 Å². The van der Waals surface area contributed by atoms with Gasteiger partial charge >= 0.3 is 0 Å². The second-order valence-electron chi connectivity index (χ2n) is 3.26. The number of carbonyl (C=O) groups excluding carboxylic acids is 1. The topological polar surface area (TPSA) is 67.8 Å². The van der Waals surface area contributed by atoms with Crippen molar-refractivity contribution in [2.24, 2.45) is 0 Å². The first-order chi connectivity index (χ1) is 7.69. The van der Waals surface area contributed by atoms with Gasteiger partial charge in [-0.2, -0.15) is 0 Å². The minimum Gasteiger partial charge on any atom is -0.497 e.